The zero-order valence-corrected chi connectivity index (χ0v) is 13.0. The van der Waals surface area contributed by atoms with E-state index >= 15 is 0 Å². The minimum Gasteiger partial charge on any atom is -0.459 e. The maximum atomic E-state index is 12.3. The summed E-state index contributed by atoms with van der Waals surface area (Å²) >= 11 is 0. The van der Waals surface area contributed by atoms with Crippen LogP contribution in [0.2, 0.25) is 0 Å². The second kappa shape index (κ2) is 7.82. The van der Waals surface area contributed by atoms with E-state index in [-0.39, 0.29) is 12.1 Å². The van der Waals surface area contributed by atoms with E-state index in [4.69, 9.17) is 4.74 Å². The largest absolute Gasteiger partial charge is 0.459 e. The summed E-state index contributed by atoms with van der Waals surface area (Å²) in [4.78, 5) is 12.3. The van der Waals surface area contributed by atoms with Gasteiger partial charge in [0.15, 0.2) is 0 Å². The van der Waals surface area contributed by atoms with Gasteiger partial charge in [-0.15, -0.1) is 0 Å². The zero-order valence-electron chi connectivity index (χ0n) is 13.0. The summed E-state index contributed by atoms with van der Waals surface area (Å²) in [6.45, 7) is 4.18. The van der Waals surface area contributed by atoms with Gasteiger partial charge in [0.05, 0.1) is 11.7 Å². The highest BCUT2D eigenvalue weighted by Gasteiger charge is 2.14. The Morgan fingerprint density at radius 3 is 2.62 bits per heavy atom. The molecule has 2 aromatic rings. The highest BCUT2D eigenvalue weighted by Crippen LogP contribution is 2.20. The molecular formula is C19H24O2. The molecule has 1 atom stereocenters. The lowest BCUT2D eigenvalue weighted by Gasteiger charge is -2.14. The third-order valence-electron chi connectivity index (χ3n) is 3.78. The van der Waals surface area contributed by atoms with Crippen molar-refractivity contribution in [3.63, 3.8) is 0 Å². The first kappa shape index (κ1) is 15.6. The number of fused-ring (bicyclic) bond motifs is 1. The number of ether oxygens (including phenoxy) is 1. The molecule has 0 saturated carbocycles. The Hall–Kier alpha value is -1.83. The molecule has 2 aromatic carbocycles. The molecule has 0 aliphatic rings. The molecule has 0 unspecified atom stereocenters. The third-order valence-corrected chi connectivity index (χ3v) is 3.78. The van der Waals surface area contributed by atoms with E-state index in [0.29, 0.717) is 5.56 Å². The van der Waals surface area contributed by atoms with Crippen LogP contribution in [0.5, 0.6) is 0 Å². The van der Waals surface area contributed by atoms with Crippen molar-refractivity contribution in [1.82, 2.24) is 0 Å². The average Bonchev–Trinajstić information content (AvgIpc) is 2.51. The summed E-state index contributed by atoms with van der Waals surface area (Å²) < 4.78 is 5.59. The van der Waals surface area contributed by atoms with Crippen LogP contribution in [0, 0.1) is 0 Å². The smallest absolute Gasteiger partial charge is 0.339 e. The molecular weight excluding hydrogens is 260 g/mol. The molecule has 0 amide bonds. The molecule has 2 heteroatoms. The molecule has 0 N–H and O–H groups in total. The molecule has 0 saturated heterocycles. The molecule has 2 rings (SSSR count). The summed E-state index contributed by atoms with van der Waals surface area (Å²) in [5.41, 5.74) is 0.661. The first-order chi connectivity index (χ1) is 10.2. The molecule has 0 spiro atoms. The van der Waals surface area contributed by atoms with Crippen molar-refractivity contribution in [2.24, 2.45) is 0 Å². The van der Waals surface area contributed by atoms with E-state index in [9.17, 15) is 4.79 Å². The molecule has 21 heavy (non-hydrogen) atoms. The summed E-state index contributed by atoms with van der Waals surface area (Å²) in [6.07, 6.45) is 5.74. The van der Waals surface area contributed by atoms with Gasteiger partial charge in [-0.1, -0.05) is 62.6 Å². The number of carbonyl (C=O) groups is 1. The minimum absolute atomic E-state index is 0.0201. The maximum absolute atomic E-state index is 12.3. The van der Waals surface area contributed by atoms with Crippen molar-refractivity contribution >= 4 is 16.7 Å². The Bertz CT molecular complexity index is 584. The molecule has 0 aromatic heterocycles. The van der Waals surface area contributed by atoms with Gasteiger partial charge in [0, 0.05) is 0 Å². The lowest BCUT2D eigenvalue weighted by Crippen LogP contribution is -2.15. The molecule has 0 heterocycles. The number of hydrogen-bond acceptors (Lipinski definition) is 2. The van der Waals surface area contributed by atoms with E-state index < -0.39 is 0 Å². The van der Waals surface area contributed by atoms with Crippen LogP contribution in [-0.2, 0) is 4.74 Å². The Balaban J connectivity index is 1.99. The highest BCUT2D eigenvalue weighted by atomic mass is 16.5. The van der Waals surface area contributed by atoms with Gasteiger partial charge in [0.25, 0.3) is 0 Å². The summed E-state index contributed by atoms with van der Waals surface area (Å²) in [6, 6.07) is 13.7. The van der Waals surface area contributed by atoms with Crippen molar-refractivity contribution in [3.8, 4) is 0 Å². The van der Waals surface area contributed by atoms with Crippen LogP contribution in [-0.4, -0.2) is 12.1 Å². The van der Waals surface area contributed by atoms with Crippen LogP contribution < -0.4 is 0 Å². The van der Waals surface area contributed by atoms with Gasteiger partial charge in [-0.3, -0.25) is 0 Å². The Morgan fingerprint density at radius 2 is 1.81 bits per heavy atom. The van der Waals surface area contributed by atoms with Gasteiger partial charge in [-0.05, 0) is 36.6 Å². The fraction of sp³-hybridized carbons (Fsp3) is 0.421. The first-order valence-electron chi connectivity index (χ1n) is 7.91. The summed E-state index contributed by atoms with van der Waals surface area (Å²) in [7, 11) is 0. The maximum Gasteiger partial charge on any atom is 0.339 e. The Labute approximate surface area is 127 Å². The van der Waals surface area contributed by atoms with Crippen LogP contribution in [0.25, 0.3) is 10.8 Å². The fourth-order valence-electron chi connectivity index (χ4n) is 2.57. The van der Waals surface area contributed by atoms with Gasteiger partial charge < -0.3 is 4.74 Å². The van der Waals surface area contributed by atoms with E-state index in [1.165, 1.54) is 19.3 Å². The number of unbranched alkanes of at least 4 members (excludes halogenated alkanes) is 3. The lowest BCUT2D eigenvalue weighted by molar-refractivity contribution is 0.0322. The third kappa shape index (κ3) is 4.32. The van der Waals surface area contributed by atoms with Crippen LogP contribution in [0.15, 0.2) is 42.5 Å². The van der Waals surface area contributed by atoms with Crippen molar-refractivity contribution < 1.29 is 9.53 Å². The number of esters is 1. The zero-order chi connectivity index (χ0) is 15.1. The van der Waals surface area contributed by atoms with Gasteiger partial charge in [0.1, 0.15) is 0 Å². The van der Waals surface area contributed by atoms with Crippen LogP contribution in [0.3, 0.4) is 0 Å². The number of hydrogen-bond donors (Lipinski definition) is 0. The van der Waals surface area contributed by atoms with Crippen LogP contribution >= 0.6 is 0 Å². The highest BCUT2D eigenvalue weighted by molar-refractivity contribution is 6.04. The van der Waals surface area contributed by atoms with Gasteiger partial charge >= 0.3 is 5.97 Å². The molecule has 0 radical (unpaired) electrons. The average molecular weight is 284 g/mol. The van der Waals surface area contributed by atoms with Gasteiger partial charge in [-0.25, -0.2) is 4.79 Å². The Kier molecular flexibility index (Phi) is 5.79. The first-order valence-corrected chi connectivity index (χ1v) is 7.91. The van der Waals surface area contributed by atoms with E-state index in [1.807, 2.05) is 49.4 Å². The molecule has 0 aliphatic carbocycles. The van der Waals surface area contributed by atoms with Crippen molar-refractivity contribution in [2.45, 2.75) is 52.1 Å². The number of rotatable bonds is 7. The molecule has 112 valence electrons. The quantitative estimate of drug-likeness (QED) is 0.505. The summed E-state index contributed by atoms with van der Waals surface area (Å²) in [5, 5.41) is 2.03. The second-order valence-electron chi connectivity index (χ2n) is 5.59. The van der Waals surface area contributed by atoms with Gasteiger partial charge in [0.2, 0.25) is 0 Å². The SMILES string of the molecule is CCCCCC[C@H](C)OC(=O)c1cccc2ccccc12. The lowest BCUT2D eigenvalue weighted by atomic mass is 10.0. The van der Waals surface area contributed by atoms with E-state index in [2.05, 4.69) is 6.92 Å². The van der Waals surface area contributed by atoms with E-state index in [1.54, 1.807) is 0 Å². The normalized spacial score (nSPS) is 12.3. The second-order valence-corrected chi connectivity index (χ2v) is 5.59. The molecule has 2 nitrogen and oxygen atoms in total. The number of benzene rings is 2. The predicted molar refractivity (Wildman–Crippen MR) is 87.6 cm³/mol. The molecule has 0 bridgehead atoms. The topological polar surface area (TPSA) is 26.3 Å². The van der Waals surface area contributed by atoms with Crippen LogP contribution in [0.1, 0.15) is 56.3 Å². The van der Waals surface area contributed by atoms with E-state index in [0.717, 1.165) is 23.6 Å². The number of carbonyl (C=O) groups excluding carboxylic acids is 1. The molecule has 0 fully saturated rings. The standard InChI is InChI=1S/C19H24O2/c1-3-4-5-6-10-15(2)21-19(20)18-14-9-12-16-11-7-8-13-17(16)18/h7-9,11-15H,3-6,10H2,1-2H3/t15-/m0/s1. The summed E-state index contributed by atoms with van der Waals surface area (Å²) in [5.74, 6) is -0.213. The van der Waals surface area contributed by atoms with Crippen molar-refractivity contribution in [3.05, 3.63) is 48.0 Å². The monoisotopic (exact) mass is 284 g/mol. The van der Waals surface area contributed by atoms with Crippen molar-refractivity contribution in [2.75, 3.05) is 0 Å². The fourth-order valence-corrected chi connectivity index (χ4v) is 2.57. The molecule has 0 aliphatic heterocycles. The van der Waals surface area contributed by atoms with Crippen LogP contribution in [0.4, 0.5) is 0 Å². The van der Waals surface area contributed by atoms with Gasteiger partial charge in [-0.2, -0.15) is 0 Å². The predicted octanol–water partition coefficient (Wildman–Crippen LogP) is 5.36. The Morgan fingerprint density at radius 1 is 1.05 bits per heavy atom. The van der Waals surface area contributed by atoms with Crippen molar-refractivity contribution in [1.29, 1.82) is 0 Å². The minimum atomic E-state index is -0.213.